The van der Waals surface area contributed by atoms with Gasteiger partial charge < -0.3 is 56.7 Å². The minimum Gasteiger partial charge on any atom is -0.475 e. The molecule has 0 saturated carbocycles. The fourth-order valence-electron chi connectivity index (χ4n) is 7.35. The number of hydrogen-bond donors (Lipinski definition) is 8. The molecule has 0 unspecified atom stereocenters. The molecule has 462 valence electrons. The molecule has 0 rings (SSSR count). The Morgan fingerprint density at radius 2 is 0.962 bits per heavy atom. The van der Waals surface area contributed by atoms with Gasteiger partial charge in [-0.05, 0) is 19.8 Å². The number of carboxylic acid groups (broad SMARTS) is 1. The fraction of sp³-hybridized carbons (Fsp3) is 0.852. The van der Waals surface area contributed by atoms with Crippen molar-refractivity contribution < 1.29 is 76.0 Å². The number of esters is 2. The van der Waals surface area contributed by atoms with Crippen molar-refractivity contribution in [3.63, 3.8) is 0 Å². The van der Waals surface area contributed by atoms with Crippen LogP contribution in [0.4, 0.5) is 18.0 Å². The van der Waals surface area contributed by atoms with Gasteiger partial charge in [0.25, 0.3) is 0 Å². The number of rotatable bonds is 51. The highest BCUT2D eigenvalue weighted by molar-refractivity contribution is 8.76. The number of halogens is 3. The summed E-state index contributed by atoms with van der Waals surface area (Å²) in [6.07, 6.45) is 25.5. The van der Waals surface area contributed by atoms with E-state index in [-0.39, 0.29) is 68.7 Å². The van der Waals surface area contributed by atoms with Gasteiger partial charge in [0.15, 0.2) is 0 Å². The van der Waals surface area contributed by atoms with Crippen molar-refractivity contribution in [3.05, 3.63) is 0 Å². The number of unbranched alkanes of at least 4 members (excludes halogenated alkanes) is 24. The van der Waals surface area contributed by atoms with Gasteiger partial charge in [0, 0.05) is 48.9 Å². The number of carboxylic acids is 1. The van der Waals surface area contributed by atoms with Crippen LogP contribution in [0.5, 0.6) is 0 Å². The molecule has 0 spiro atoms. The second kappa shape index (κ2) is 54.9. The lowest BCUT2D eigenvalue weighted by Crippen LogP contribution is -2.52. The van der Waals surface area contributed by atoms with Crippen molar-refractivity contribution in [2.24, 2.45) is 5.73 Å². The molecule has 0 aliphatic heterocycles. The van der Waals surface area contributed by atoms with Crippen molar-refractivity contribution in [1.82, 2.24) is 26.6 Å². The van der Waals surface area contributed by atoms with Gasteiger partial charge in [0.05, 0.1) is 25.7 Å². The van der Waals surface area contributed by atoms with Crippen LogP contribution in [0.3, 0.4) is 0 Å². The number of aliphatic carboxylic acids is 1. The maximum absolute atomic E-state index is 12.9. The molecule has 0 aromatic heterocycles. The zero-order valence-electron chi connectivity index (χ0n) is 47.6. The van der Waals surface area contributed by atoms with Crippen LogP contribution in [0.1, 0.15) is 201 Å². The molecule has 25 heteroatoms. The number of nitrogens with one attached hydrogen (secondary N) is 5. The molecule has 0 saturated heterocycles. The summed E-state index contributed by atoms with van der Waals surface area (Å²) in [5.41, 5.74) is 6.19. The van der Waals surface area contributed by atoms with Crippen molar-refractivity contribution in [1.29, 1.82) is 0 Å². The summed E-state index contributed by atoms with van der Waals surface area (Å²) in [6.45, 7) is 5.64. The number of aliphatic hydroxyl groups is 1. The summed E-state index contributed by atoms with van der Waals surface area (Å²) in [5, 5.41) is 28.5. The lowest BCUT2D eigenvalue weighted by molar-refractivity contribution is -0.192. The highest BCUT2D eigenvalue weighted by Gasteiger charge is 2.38. The van der Waals surface area contributed by atoms with Gasteiger partial charge in [-0.3, -0.25) is 28.8 Å². The average Bonchev–Trinajstić information content (AvgIpc) is 3.41. The van der Waals surface area contributed by atoms with E-state index in [4.69, 9.17) is 30.2 Å². The Bertz CT molecular complexity index is 1610. The molecule has 9 N–H and O–H groups in total. The first-order valence-electron chi connectivity index (χ1n) is 28.7. The van der Waals surface area contributed by atoms with Gasteiger partial charge in [-0.1, -0.05) is 190 Å². The van der Waals surface area contributed by atoms with Gasteiger partial charge >= 0.3 is 30.2 Å². The lowest BCUT2D eigenvalue weighted by atomic mass is 10.0. The molecule has 0 aromatic carbocycles. The van der Waals surface area contributed by atoms with E-state index in [0.29, 0.717) is 31.0 Å². The number of ether oxygens (including phenoxy) is 3. The largest absolute Gasteiger partial charge is 0.490 e. The lowest BCUT2D eigenvalue weighted by Gasteiger charge is -2.20. The molecule has 0 fully saturated rings. The molecule has 0 aliphatic rings. The second-order valence-electron chi connectivity index (χ2n) is 19.2. The molecular weight excluding hydrogens is 1090 g/mol. The van der Waals surface area contributed by atoms with Crippen LogP contribution in [0.2, 0.25) is 0 Å². The molecule has 0 aliphatic carbocycles. The molecule has 0 radical (unpaired) electrons. The van der Waals surface area contributed by atoms with Crippen LogP contribution in [0, 0.1) is 0 Å². The molecule has 0 aromatic rings. The van der Waals surface area contributed by atoms with Gasteiger partial charge in [0.1, 0.15) is 25.4 Å². The van der Waals surface area contributed by atoms with Crippen LogP contribution in [0.25, 0.3) is 0 Å². The highest BCUT2D eigenvalue weighted by Crippen LogP contribution is 2.20. The number of nitrogens with two attached hydrogens (primary N) is 1. The number of thioether (sulfide) groups is 1. The van der Waals surface area contributed by atoms with Gasteiger partial charge in [-0.2, -0.15) is 24.9 Å². The second-order valence-corrected chi connectivity index (χ2v) is 23.0. The Kier molecular flexibility index (Phi) is 53.8. The topological polar surface area (TPSA) is 291 Å². The molecular formula is C54H99F3N6O13S3. The minimum atomic E-state index is -5.08. The van der Waals surface area contributed by atoms with Crippen LogP contribution in [-0.2, 0) is 47.8 Å². The smallest absolute Gasteiger partial charge is 0.475 e. The first kappa shape index (κ1) is 77.4. The number of aliphatic hydroxyl groups excluding tert-OH is 1. The van der Waals surface area contributed by atoms with E-state index in [0.717, 1.165) is 38.5 Å². The van der Waals surface area contributed by atoms with Crippen LogP contribution in [-0.4, -0.2) is 151 Å². The Morgan fingerprint density at radius 3 is 1.38 bits per heavy atom. The third-order valence-corrected chi connectivity index (χ3v) is 15.5. The Labute approximate surface area is 481 Å². The van der Waals surface area contributed by atoms with Crippen molar-refractivity contribution >= 4 is 81.0 Å². The third-order valence-electron chi connectivity index (χ3n) is 11.9. The molecule has 5 amide bonds. The number of hydrogen-bond acceptors (Lipinski definition) is 16. The Morgan fingerprint density at radius 1 is 0.557 bits per heavy atom. The predicted octanol–water partition coefficient (Wildman–Crippen LogP) is 9.05. The van der Waals surface area contributed by atoms with Crippen molar-refractivity contribution in [2.45, 2.75) is 225 Å². The van der Waals surface area contributed by atoms with E-state index in [2.05, 4.69) is 45.2 Å². The highest BCUT2D eigenvalue weighted by atomic mass is 33.1. The summed E-state index contributed by atoms with van der Waals surface area (Å²) < 4.78 is 47.7. The van der Waals surface area contributed by atoms with Crippen LogP contribution < -0.4 is 32.3 Å². The Hall–Kier alpha value is -3.68. The van der Waals surface area contributed by atoms with E-state index >= 15 is 0 Å². The number of amides is 5. The third kappa shape index (κ3) is 54.7. The monoisotopic (exact) mass is 1190 g/mol. The maximum atomic E-state index is 12.9. The molecule has 3 atom stereocenters. The van der Waals surface area contributed by atoms with Crippen molar-refractivity contribution in [3.8, 4) is 0 Å². The van der Waals surface area contributed by atoms with Gasteiger partial charge in [0.2, 0.25) is 23.6 Å². The number of carbonyl (C=O) groups excluding carboxylic acids is 7. The molecule has 0 heterocycles. The first-order valence-corrected chi connectivity index (χ1v) is 32.4. The van der Waals surface area contributed by atoms with E-state index in [1.165, 1.54) is 169 Å². The minimum absolute atomic E-state index is 0.0745. The fourth-order valence-corrected chi connectivity index (χ4v) is 10.1. The van der Waals surface area contributed by atoms with E-state index < -0.39 is 54.1 Å². The standard InChI is InChI=1S/C52H98N6O11S3.C2HF3O2/c1-4-6-8-10-12-14-16-18-20-22-24-26-28-30-48(62)68-40-44(69-49(63)31-29-27-25-23-21-19-17-15-13-11-9-7-5-2)41-70-42-45(53)51(65)58-43(3)50(64)56-38-46(60)54-32-36-71-72-37-33-55-47(61)39-57-52(66)67-35-34-59;3-2(4,5)1(6)7/h43-45,59H,4-42,53H2,1-3H3,(H,54,60)(H,55,61)(H,56,64)(H,57,66)(H,58,65);(H,6,7)/t43-,44+,45-;/m0./s1. The van der Waals surface area contributed by atoms with Gasteiger partial charge in [-0.15, -0.1) is 0 Å². The zero-order valence-corrected chi connectivity index (χ0v) is 50.1. The SMILES string of the molecule is CCCCCCCCCCCCCCCC(=O)OC[C@H](CSC[C@H](N)C(=O)N[C@@H](C)C(=O)NCC(=O)NCCSSCCNC(=O)CNC(=O)OCCO)OC(=O)CCCCCCCCCCCCCCC.O=C(O)C(F)(F)F. The molecule has 19 nitrogen and oxygen atoms in total. The maximum Gasteiger partial charge on any atom is 0.490 e. The normalized spacial score (nSPS) is 12.2. The van der Waals surface area contributed by atoms with E-state index in [9.17, 15) is 46.7 Å². The zero-order chi connectivity index (χ0) is 59.2. The molecule has 79 heavy (non-hydrogen) atoms. The average molecular weight is 1190 g/mol. The van der Waals surface area contributed by atoms with E-state index in [1.807, 2.05) is 0 Å². The predicted molar refractivity (Wildman–Crippen MR) is 308 cm³/mol. The van der Waals surface area contributed by atoms with Crippen LogP contribution in [0.15, 0.2) is 0 Å². The summed E-state index contributed by atoms with van der Waals surface area (Å²) in [5.74, 6) is -3.71. The van der Waals surface area contributed by atoms with E-state index in [1.54, 1.807) is 0 Å². The summed E-state index contributed by atoms with van der Waals surface area (Å²) in [7, 11) is 2.98. The summed E-state index contributed by atoms with van der Waals surface area (Å²) in [4.78, 5) is 95.4. The van der Waals surface area contributed by atoms with Crippen molar-refractivity contribution in [2.75, 3.05) is 69.0 Å². The first-order chi connectivity index (χ1) is 37.9. The van der Waals surface area contributed by atoms with Gasteiger partial charge in [-0.25, -0.2) is 9.59 Å². The quantitative estimate of drug-likeness (QED) is 0.0122. The number of alkyl carbamates (subject to hydrolysis) is 1. The summed E-state index contributed by atoms with van der Waals surface area (Å²) >= 11 is 1.30. The van der Waals surface area contributed by atoms with Crippen LogP contribution >= 0.6 is 33.3 Å². The number of carbonyl (C=O) groups is 8. The number of alkyl halides is 3. The molecule has 0 bridgehead atoms. The Balaban J connectivity index is 0. The summed E-state index contributed by atoms with van der Waals surface area (Å²) in [6, 6.07) is -1.94.